The van der Waals surface area contributed by atoms with Crippen molar-refractivity contribution in [2.24, 2.45) is 0 Å². The Morgan fingerprint density at radius 1 is 0.473 bits per heavy atom. The number of thioether (sulfide) groups is 1. The lowest BCUT2D eigenvalue weighted by atomic mass is 10.1. The predicted octanol–water partition coefficient (Wildman–Crippen LogP) is 14.3. The molecule has 55 heavy (non-hydrogen) atoms. The first-order valence-corrected chi connectivity index (χ1v) is 24.9. The lowest BCUT2D eigenvalue weighted by Gasteiger charge is -2.32. The smallest absolute Gasteiger partial charge is 0.282 e. The Labute approximate surface area is 346 Å². The van der Waals surface area contributed by atoms with Crippen LogP contribution in [0.5, 0.6) is 0 Å². The van der Waals surface area contributed by atoms with E-state index in [9.17, 15) is 0 Å². The summed E-state index contributed by atoms with van der Waals surface area (Å²) < 4.78 is 17.6. The van der Waals surface area contributed by atoms with Gasteiger partial charge in [-0.1, -0.05) is 180 Å². The fourth-order valence-electron chi connectivity index (χ4n) is 7.24. The normalized spacial score (nSPS) is 11.8. The fourth-order valence-corrected chi connectivity index (χ4v) is 8.06. The number of nitrogens with one attached hydrogen (secondary N) is 1. The zero-order valence-electron chi connectivity index (χ0n) is 37.4. The first-order valence-electron chi connectivity index (χ1n) is 23.9. The number of hydrogen-bond acceptors (Lipinski definition) is 9. The first-order chi connectivity index (χ1) is 27.1. The van der Waals surface area contributed by atoms with Crippen LogP contribution in [0.15, 0.2) is 5.16 Å². The molecule has 0 saturated heterocycles. The molecule has 0 amide bonds. The third-order valence-corrected chi connectivity index (χ3v) is 11.4. The molecule has 0 aromatic carbocycles. The minimum absolute atomic E-state index is 0.603. The summed E-state index contributed by atoms with van der Waals surface area (Å²) in [6.07, 6.45) is 36.9. The number of unbranched alkanes of at least 4 members (excludes halogenated alkanes) is 24. The first kappa shape index (κ1) is 51.9. The van der Waals surface area contributed by atoms with Crippen molar-refractivity contribution < 1.29 is 14.2 Å². The van der Waals surface area contributed by atoms with Crippen LogP contribution >= 0.6 is 11.8 Å². The zero-order chi connectivity index (χ0) is 39.9. The summed E-state index contributed by atoms with van der Waals surface area (Å²) in [5, 5.41) is 4.52. The van der Waals surface area contributed by atoms with E-state index in [-0.39, 0.29) is 0 Å². The molecule has 0 atom stereocenters. The quantitative estimate of drug-likeness (QED) is 0.0395. The van der Waals surface area contributed by atoms with Crippen LogP contribution in [-0.2, 0) is 14.2 Å². The predicted molar refractivity (Wildman–Crippen MR) is 240 cm³/mol. The maximum Gasteiger partial charge on any atom is 0.282 e. The van der Waals surface area contributed by atoms with E-state index in [0.29, 0.717) is 19.8 Å². The summed E-state index contributed by atoms with van der Waals surface area (Å²) in [5.74, 6) is 1.89. The molecule has 324 valence electrons. The Bertz CT molecular complexity index is 925. The van der Waals surface area contributed by atoms with Gasteiger partial charge >= 0.3 is 0 Å². The summed E-state index contributed by atoms with van der Waals surface area (Å²) in [5.41, 5.74) is 0. The molecule has 0 saturated carbocycles. The minimum atomic E-state index is -0.853. The highest BCUT2D eigenvalue weighted by Crippen LogP contribution is 2.25. The van der Waals surface area contributed by atoms with Crippen LogP contribution in [0.2, 0.25) is 0 Å². The average molecular weight is 794 g/mol. The number of aromatic nitrogens is 3. The van der Waals surface area contributed by atoms with E-state index < -0.39 is 5.97 Å². The molecule has 0 fully saturated rings. The van der Waals surface area contributed by atoms with Gasteiger partial charge in [-0.3, -0.25) is 0 Å². The molecule has 9 heteroatoms. The second-order valence-electron chi connectivity index (χ2n) is 15.6. The molecule has 0 spiro atoms. The highest BCUT2D eigenvalue weighted by molar-refractivity contribution is 7.99. The van der Waals surface area contributed by atoms with Gasteiger partial charge in [-0.2, -0.15) is 15.0 Å². The van der Waals surface area contributed by atoms with Crippen LogP contribution < -0.4 is 10.2 Å². The molecule has 1 aromatic rings. The molecular weight excluding hydrogens is 703 g/mol. The van der Waals surface area contributed by atoms with Gasteiger partial charge in [0.05, 0.1) is 0 Å². The maximum atomic E-state index is 5.88. The second kappa shape index (κ2) is 38.4. The molecule has 8 nitrogen and oxygen atoms in total. The highest BCUT2D eigenvalue weighted by atomic mass is 32.2. The van der Waals surface area contributed by atoms with E-state index in [1.54, 1.807) is 0 Å². The molecule has 0 bridgehead atoms. The van der Waals surface area contributed by atoms with Crippen LogP contribution in [0.4, 0.5) is 11.9 Å². The monoisotopic (exact) mass is 794 g/mol. The van der Waals surface area contributed by atoms with E-state index in [1.165, 1.54) is 167 Å². The van der Waals surface area contributed by atoms with E-state index in [0.717, 1.165) is 61.7 Å². The van der Waals surface area contributed by atoms with Crippen LogP contribution in [0.1, 0.15) is 228 Å². The van der Waals surface area contributed by atoms with Crippen LogP contribution in [0.25, 0.3) is 0 Å². The Morgan fingerprint density at radius 3 is 1.36 bits per heavy atom. The summed E-state index contributed by atoms with van der Waals surface area (Å²) >= 11 is 1.83. The van der Waals surface area contributed by atoms with E-state index in [4.69, 9.17) is 29.2 Å². The largest absolute Gasteiger partial charge is 0.354 e. The standard InChI is InChI=1S/C46H91N5O3S/c1-7-13-16-19-30-35-40-51(41-36-31-20-17-14-8-2)44-48-43(49-45(50-44)55-42-37-32-21-18-15-9-3)47-39-34-29-27-25-23-22-24-26-28-33-38-46(52-10-4,53-11-5)54-12-6/h7-42H2,1-6H3,(H,47,48,49,50). The lowest BCUT2D eigenvalue weighted by molar-refractivity contribution is -0.380. The van der Waals surface area contributed by atoms with E-state index >= 15 is 0 Å². The van der Waals surface area contributed by atoms with Crippen molar-refractivity contribution in [3.8, 4) is 0 Å². The SMILES string of the molecule is CCCCCCCCSc1nc(NCCCCCCCCCCCCC(OCC)(OCC)OCC)nc(N(CCCCCCCC)CCCCCCCC)n1. The van der Waals surface area contributed by atoms with Crippen molar-refractivity contribution >= 4 is 23.7 Å². The fraction of sp³-hybridized carbons (Fsp3) is 0.935. The molecule has 1 rings (SSSR count). The lowest BCUT2D eigenvalue weighted by Crippen LogP contribution is -2.39. The van der Waals surface area contributed by atoms with E-state index in [1.807, 2.05) is 32.5 Å². The Balaban J connectivity index is 2.60. The molecule has 1 heterocycles. The second-order valence-corrected chi connectivity index (χ2v) is 16.6. The summed E-state index contributed by atoms with van der Waals surface area (Å²) in [6.45, 7) is 17.7. The van der Waals surface area contributed by atoms with Gasteiger partial charge in [-0.25, -0.2) is 0 Å². The summed E-state index contributed by atoms with van der Waals surface area (Å²) in [6, 6.07) is 0. The number of rotatable bonds is 43. The van der Waals surface area contributed by atoms with Gasteiger partial charge in [-0.05, 0) is 52.9 Å². The van der Waals surface area contributed by atoms with Gasteiger partial charge in [0.2, 0.25) is 11.9 Å². The molecule has 1 aromatic heterocycles. The van der Waals surface area contributed by atoms with Gasteiger partial charge in [0, 0.05) is 51.6 Å². The van der Waals surface area contributed by atoms with Crippen LogP contribution in [0.3, 0.4) is 0 Å². The zero-order valence-corrected chi connectivity index (χ0v) is 38.2. The third-order valence-electron chi connectivity index (χ3n) is 10.5. The summed E-state index contributed by atoms with van der Waals surface area (Å²) in [7, 11) is 0. The topological polar surface area (TPSA) is 81.6 Å². The molecular formula is C46H91N5O3S. The van der Waals surface area contributed by atoms with Crippen molar-refractivity contribution in [2.45, 2.75) is 239 Å². The maximum absolute atomic E-state index is 5.88. The van der Waals surface area contributed by atoms with Gasteiger partial charge in [0.1, 0.15) is 0 Å². The molecule has 0 radical (unpaired) electrons. The summed E-state index contributed by atoms with van der Waals surface area (Å²) in [4.78, 5) is 17.6. The van der Waals surface area contributed by atoms with E-state index in [2.05, 4.69) is 31.0 Å². The molecule has 0 unspecified atom stereocenters. The van der Waals surface area contributed by atoms with Gasteiger partial charge in [0.25, 0.3) is 5.97 Å². The van der Waals surface area contributed by atoms with Crippen LogP contribution in [0, 0.1) is 0 Å². The highest BCUT2D eigenvalue weighted by Gasteiger charge is 2.31. The van der Waals surface area contributed by atoms with Gasteiger partial charge < -0.3 is 24.4 Å². The minimum Gasteiger partial charge on any atom is -0.354 e. The van der Waals surface area contributed by atoms with Crippen molar-refractivity contribution in [3.63, 3.8) is 0 Å². The Kier molecular flexibility index (Phi) is 36.2. The van der Waals surface area contributed by atoms with Crippen molar-refractivity contribution in [1.82, 2.24) is 15.0 Å². The molecule has 0 aliphatic carbocycles. The number of anilines is 2. The number of hydrogen-bond donors (Lipinski definition) is 1. The average Bonchev–Trinajstić information content (AvgIpc) is 3.18. The number of ether oxygens (including phenoxy) is 3. The Morgan fingerprint density at radius 2 is 0.891 bits per heavy atom. The van der Waals surface area contributed by atoms with Gasteiger partial charge in [-0.15, -0.1) is 0 Å². The molecule has 0 aliphatic heterocycles. The third kappa shape index (κ3) is 28.8. The molecule has 1 N–H and O–H groups in total. The van der Waals surface area contributed by atoms with Crippen LogP contribution in [-0.4, -0.2) is 66.1 Å². The van der Waals surface area contributed by atoms with Crippen molar-refractivity contribution in [2.75, 3.05) is 55.4 Å². The molecule has 0 aliphatic rings. The number of nitrogens with zero attached hydrogens (tertiary/aromatic N) is 4. The van der Waals surface area contributed by atoms with Gasteiger partial charge in [0.15, 0.2) is 5.16 Å². The Hall–Kier alpha value is -1.16. The van der Waals surface area contributed by atoms with Crippen molar-refractivity contribution in [3.05, 3.63) is 0 Å². The van der Waals surface area contributed by atoms with Crippen molar-refractivity contribution in [1.29, 1.82) is 0 Å².